The van der Waals surface area contributed by atoms with Gasteiger partial charge in [0.2, 0.25) is 0 Å². The van der Waals surface area contributed by atoms with E-state index >= 15 is 0 Å². The molecule has 0 aliphatic rings. The van der Waals surface area contributed by atoms with Gasteiger partial charge >= 0.3 is 0 Å². The Morgan fingerprint density at radius 2 is 2.00 bits per heavy atom. The smallest absolute Gasteiger partial charge is 0.282 e. The van der Waals surface area contributed by atoms with Crippen LogP contribution in [0.5, 0.6) is 0 Å². The second-order valence-electron chi connectivity index (χ2n) is 4.19. The Morgan fingerprint density at radius 3 is 2.67 bits per heavy atom. The molecule has 2 aromatic rings. The first kappa shape index (κ1) is 14.9. The van der Waals surface area contributed by atoms with E-state index in [2.05, 4.69) is 5.32 Å². The summed E-state index contributed by atoms with van der Waals surface area (Å²) in [5.74, 6) is -1.45. The minimum absolute atomic E-state index is 0.0895. The third-order valence-corrected chi connectivity index (χ3v) is 3.17. The first-order valence-corrected chi connectivity index (χ1v) is 6.32. The SMILES string of the molecule is O=C(NCc1ccccc1Cl)c1cc(F)ccc1[N+](=O)[O-]. The van der Waals surface area contributed by atoms with Crippen molar-refractivity contribution in [3.05, 3.63) is 74.5 Å². The molecule has 1 N–H and O–H groups in total. The van der Waals surface area contributed by atoms with Crippen molar-refractivity contribution in [2.24, 2.45) is 0 Å². The van der Waals surface area contributed by atoms with Gasteiger partial charge in [0, 0.05) is 17.6 Å². The molecule has 0 fully saturated rings. The van der Waals surface area contributed by atoms with Crippen LogP contribution in [0.25, 0.3) is 0 Å². The molecule has 7 heteroatoms. The summed E-state index contributed by atoms with van der Waals surface area (Å²) in [6, 6.07) is 9.59. The zero-order valence-corrected chi connectivity index (χ0v) is 11.4. The highest BCUT2D eigenvalue weighted by Crippen LogP contribution is 2.20. The maximum Gasteiger partial charge on any atom is 0.282 e. The molecule has 1 amide bonds. The molecule has 0 spiro atoms. The van der Waals surface area contributed by atoms with E-state index < -0.39 is 22.3 Å². The number of carbonyl (C=O) groups excluding carboxylic acids is 1. The van der Waals surface area contributed by atoms with Crippen molar-refractivity contribution >= 4 is 23.2 Å². The van der Waals surface area contributed by atoms with Crippen molar-refractivity contribution in [1.82, 2.24) is 5.32 Å². The summed E-state index contributed by atoms with van der Waals surface area (Å²) in [6.07, 6.45) is 0. The molecule has 0 unspecified atom stereocenters. The third kappa shape index (κ3) is 3.55. The third-order valence-electron chi connectivity index (χ3n) is 2.80. The van der Waals surface area contributed by atoms with Gasteiger partial charge in [0.05, 0.1) is 4.92 Å². The van der Waals surface area contributed by atoms with Crippen molar-refractivity contribution in [3.8, 4) is 0 Å². The lowest BCUT2D eigenvalue weighted by Crippen LogP contribution is -2.24. The number of halogens is 2. The van der Waals surface area contributed by atoms with Crippen LogP contribution in [0.3, 0.4) is 0 Å². The Morgan fingerprint density at radius 1 is 1.29 bits per heavy atom. The van der Waals surface area contributed by atoms with Crippen molar-refractivity contribution in [2.75, 3.05) is 0 Å². The number of carbonyl (C=O) groups is 1. The van der Waals surface area contributed by atoms with E-state index in [0.29, 0.717) is 10.6 Å². The number of nitrogens with one attached hydrogen (secondary N) is 1. The van der Waals surface area contributed by atoms with E-state index in [1.165, 1.54) is 0 Å². The number of hydrogen-bond acceptors (Lipinski definition) is 3. The molecular formula is C14H10ClFN2O3. The second-order valence-corrected chi connectivity index (χ2v) is 4.60. The number of amides is 1. The van der Waals surface area contributed by atoms with E-state index in [0.717, 1.165) is 18.2 Å². The first-order valence-electron chi connectivity index (χ1n) is 5.94. The van der Waals surface area contributed by atoms with E-state index in [4.69, 9.17) is 11.6 Å². The predicted molar refractivity (Wildman–Crippen MR) is 75.7 cm³/mol. The van der Waals surface area contributed by atoms with Crippen LogP contribution in [0, 0.1) is 15.9 Å². The standard InChI is InChI=1S/C14H10ClFN2O3/c15-12-4-2-1-3-9(12)8-17-14(19)11-7-10(16)5-6-13(11)18(20)21/h1-7H,8H2,(H,17,19). The minimum atomic E-state index is -0.735. The Kier molecular flexibility index (Phi) is 4.49. The Bertz CT molecular complexity index is 706. The van der Waals surface area contributed by atoms with E-state index in [-0.39, 0.29) is 12.1 Å². The minimum Gasteiger partial charge on any atom is -0.348 e. The van der Waals surface area contributed by atoms with Gasteiger partial charge in [-0.15, -0.1) is 0 Å². The molecule has 5 nitrogen and oxygen atoms in total. The molecule has 0 saturated carbocycles. The Balaban J connectivity index is 2.19. The van der Waals surface area contributed by atoms with Gasteiger partial charge in [0.25, 0.3) is 11.6 Å². The molecule has 108 valence electrons. The predicted octanol–water partition coefficient (Wildman–Crippen LogP) is 3.32. The molecule has 0 saturated heterocycles. The van der Waals surface area contributed by atoms with E-state index in [1.807, 2.05) is 0 Å². The van der Waals surface area contributed by atoms with Crippen LogP contribution >= 0.6 is 11.6 Å². The van der Waals surface area contributed by atoms with E-state index in [1.54, 1.807) is 24.3 Å². The average Bonchev–Trinajstić information content (AvgIpc) is 2.45. The van der Waals surface area contributed by atoms with Crippen molar-refractivity contribution < 1.29 is 14.1 Å². The fourth-order valence-corrected chi connectivity index (χ4v) is 1.96. The van der Waals surface area contributed by atoms with Crippen LogP contribution < -0.4 is 5.32 Å². The molecule has 2 aromatic carbocycles. The molecule has 0 bridgehead atoms. The highest BCUT2D eigenvalue weighted by atomic mass is 35.5. The maximum absolute atomic E-state index is 13.2. The summed E-state index contributed by atoms with van der Waals surface area (Å²) in [6.45, 7) is 0.0895. The molecule has 0 atom stereocenters. The summed E-state index contributed by atoms with van der Waals surface area (Å²) in [5.41, 5.74) is -0.119. The monoisotopic (exact) mass is 308 g/mol. The Hall–Kier alpha value is -2.47. The number of nitro benzene ring substituents is 1. The number of nitro groups is 1. The molecule has 21 heavy (non-hydrogen) atoms. The lowest BCUT2D eigenvalue weighted by atomic mass is 10.1. The van der Waals surface area contributed by atoms with Crippen LogP contribution in [0.15, 0.2) is 42.5 Å². The number of rotatable bonds is 4. The molecular weight excluding hydrogens is 299 g/mol. The molecule has 0 aliphatic carbocycles. The van der Waals surface area contributed by atoms with Crippen LogP contribution in [0.1, 0.15) is 15.9 Å². The topological polar surface area (TPSA) is 72.2 Å². The van der Waals surface area contributed by atoms with Gasteiger partial charge in [-0.25, -0.2) is 4.39 Å². The summed E-state index contributed by atoms with van der Waals surface area (Å²) in [4.78, 5) is 22.1. The molecule has 0 heterocycles. The second kappa shape index (κ2) is 6.32. The van der Waals surface area contributed by atoms with Gasteiger partial charge in [-0.05, 0) is 23.8 Å². The fraction of sp³-hybridized carbons (Fsp3) is 0.0714. The highest BCUT2D eigenvalue weighted by molar-refractivity contribution is 6.31. The van der Waals surface area contributed by atoms with Crippen molar-refractivity contribution in [1.29, 1.82) is 0 Å². The van der Waals surface area contributed by atoms with Crippen molar-refractivity contribution in [2.45, 2.75) is 6.54 Å². The molecule has 0 aliphatic heterocycles. The average molecular weight is 309 g/mol. The zero-order valence-electron chi connectivity index (χ0n) is 10.7. The van der Waals surface area contributed by atoms with Gasteiger partial charge in [0.15, 0.2) is 0 Å². The number of nitrogens with zero attached hydrogens (tertiary/aromatic N) is 1. The maximum atomic E-state index is 13.2. The van der Waals surface area contributed by atoms with Crippen LogP contribution in [0.4, 0.5) is 10.1 Å². The summed E-state index contributed by atoms with van der Waals surface area (Å²) in [5, 5.41) is 13.8. The van der Waals surface area contributed by atoms with Gasteiger partial charge in [-0.1, -0.05) is 29.8 Å². The lowest BCUT2D eigenvalue weighted by Gasteiger charge is -2.07. The first-order chi connectivity index (χ1) is 9.99. The summed E-state index contributed by atoms with van der Waals surface area (Å²) in [7, 11) is 0. The number of benzene rings is 2. The summed E-state index contributed by atoms with van der Waals surface area (Å²) < 4.78 is 13.2. The zero-order chi connectivity index (χ0) is 15.4. The van der Waals surface area contributed by atoms with Gasteiger partial charge in [-0.3, -0.25) is 14.9 Å². The molecule has 0 radical (unpaired) electrons. The van der Waals surface area contributed by atoms with Gasteiger partial charge < -0.3 is 5.32 Å². The van der Waals surface area contributed by atoms with Gasteiger partial charge in [-0.2, -0.15) is 0 Å². The lowest BCUT2D eigenvalue weighted by molar-refractivity contribution is -0.385. The molecule has 0 aromatic heterocycles. The normalized spacial score (nSPS) is 10.2. The highest BCUT2D eigenvalue weighted by Gasteiger charge is 2.20. The number of hydrogen-bond donors (Lipinski definition) is 1. The van der Waals surface area contributed by atoms with E-state index in [9.17, 15) is 19.3 Å². The van der Waals surface area contributed by atoms with Crippen LogP contribution in [-0.2, 0) is 6.54 Å². The fourth-order valence-electron chi connectivity index (χ4n) is 1.76. The van der Waals surface area contributed by atoms with Crippen molar-refractivity contribution in [3.63, 3.8) is 0 Å². The van der Waals surface area contributed by atoms with Crippen LogP contribution in [0.2, 0.25) is 5.02 Å². The Labute approximate surface area is 124 Å². The molecule has 2 rings (SSSR count). The summed E-state index contributed by atoms with van der Waals surface area (Å²) >= 11 is 5.94. The quantitative estimate of drug-likeness (QED) is 0.695. The largest absolute Gasteiger partial charge is 0.348 e. The van der Waals surface area contributed by atoms with Crippen LogP contribution in [-0.4, -0.2) is 10.8 Å². The van der Waals surface area contributed by atoms with Gasteiger partial charge in [0.1, 0.15) is 11.4 Å².